The SMILES string of the molecule is O=c1[nH]c(=O)n(C2OC(CO)C(O)C2F)cc1C(O)CI. The van der Waals surface area contributed by atoms with E-state index in [0.29, 0.717) is 0 Å². The van der Waals surface area contributed by atoms with Crippen LogP contribution in [0.2, 0.25) is 0 Å². The van der Waals surface area contributed by atoms with Gasteiger partial charge in [-0.2, -0.15) is 0 Å². The van der Waals surface area contributed by atoms with Crippen LogP contribution in [0.5, 0.6) is 0 Å². The van der Waals surface area contributed by atoms with E-state index in [1.54, 1.807) is 0 Å². The Balaban J connectivity index is 2.45. The Labute approximate surface area is 131 Å². The second kappa shape index (κ2) is 6.52. The van der Waals surface area contributed by atoms with Crippen LogP contribution in [0.1, 0.15) is 17.9 Å². The Morgan fingerprint density at radius 2 is 2.19 bits per heavy atom. The summed E-state index contributed by atoms with van der Waals surface area (Å²) in [4.78, 5) is 25.4. The lowest BCUT2D eigenvalue weighted by molar-refractivity contribution is -0.0494. The average Bonchev–Trinajstić information content (AvgIpc) is 2.74. The van der Waals surface area contributed by atoms with Gasteiger partial charge < -0.3 is 20.1 Å². The summed E-state index contributed by atoms with van der Waals surface area (Å²) in [6, 6.07) is 0. The number of alkyl halides is 2. The van der Waals surface area contributed by atoms with Crippen molar-refractivity contribution in [1.82, 2.24) is 9.55 Å². The molecule has 10 heteroatoms. The van der Waals surface area contributed by atoms with E-state index in [1.165, 1.54) is 0 Å². The summed E-state index contributed by atoms with van der Waals surface area (Å²) >= 11 is 1.85. The first-order valence-electron chi connectivity index (χ1n) is 6.08. The number of nitrogens with zero attached hydrogens (tertiary/aromatic N) is 1. The summed E-state index contributed by atoms with van der Waals surface area (Å²) in [7, 11) is 0. The Bertz CT molecular complexity index is 619. The van der Waals surface area contributed by atoms with Crippen LogP contribution >= 0.6 is 22.6 Å². The number of hydrogen-bond donors (Lipinski definition) is 4. The normalized spacial score (nSPS) is 30.5. The number of aliphatic hydroxyl groups is 3. The smallest absolute Gasteiger partial charge is 0.330 e. The zero-order valence-corrected chi connectivity index (χ0v) is 12.8. The number of aliphatic hydroxyl groups excluding tert-OH is 3. The van der Waals surface area contributed by atoms with Crippen LogP contribution in [-0.2, 0) is 4.74 Å². The molecule has 0 saturated carbocycles. The predicted molar refractivity (Wildman–Crippen MR) is 77.1 cm³/mol. The van der Waals surface area contributed by atoms with E-state index in [9.17, 15) is 24.2 Å². The van der Waals surface area contributed by atoms with Crippen molar-refractivity contribution in [3.05, 3.63) is 32.6 Å². The van der Waals surface area contributed by atoms with Gasteiger partial charge in [0.2, 0.25) is 0 Å². The maximum absolute atomic E-state index is 14.0. The quantitative estimate of drug-likeness (QED) is 0.354. The molecule has 4 N–H and O–H groups in total. The van der Waals surface area contributed by atoms with Crippen molar-refractivity contribution in [1.29, 1.82) is 0 Å². The summed E-state index contributed by atoms with van der Waals surface area (Å²) in [5.41, 5.74) is -1.81. The summed E-state index contributed by atoms with van der Waals surface area (Å²) in [6.07, 6.45) is -6.30. The molecule has 1 fully saturated rings. The van der Waals surface area contributed by atoms with Gasteiger partial charge in [-0.3, -0.25) is 14.3 Å². The fraction of sp³-hybridized carbons (Fsp3) is 0.636. The molecule has 1 saturated heterocycles. The van der Waals surface area contributed by atoms with Gasteiger partial charge in [-0.1, -0.05) is 22.6 Å². The molecule has 21 heavy (non-hydrogen) atoms. The van der Waals surface area contributed by atoms with Gasteiger partial charge >= 0.3 is 5.69 Å². The summed E-state index contributed by atoms with van der Waals surface area (Å²) in [6.45, 7) is -0.612. The Hall–Kier alpha value is -0.820. The van der Waals surface area contributed by atoms with Gasteiger partial charge in [0.15, 0.2) is 12.4 Å². The third kappa shape index (κ3) is 3.04. The number of nitrogens with one attached hydrogen (secondary N) is 1. The van der Waals surface area contributed by atoms with Crippen molar-refractivity contribution >= 4 is 22.6 Å². The third-order valence-corrected chi connectivity index (χ3v) is 4.08. The van der Waals surface area contributed by atoms with Crippen LogP contribution in [0.3, 0.4) is 0 Å². The highest BCUT2D eigenvalue weighted by molar-refractivity contribution is 14.1. The summed E-state index contributed by atoms with van der Waals surface area (Å²) in [5.74, 6) is 0. The zero-order chi connectivity index (χ0) is 15.7. The Kier molecular flexibility index (Phi) is 5.14. The number of hydrogen-bond acceptors (Lipinski definition) is 6. The maximum atomic E-state index is 14.0. The van der Waals surface area contributed by atoms with E-state index in [4.69, 9.17) is 9.84 Å². The number of ether oxygens (including phenoxy) is 1. The van der Waals surface area contributed by atoms with Crippen LogP contribution in [0.15, 0.2) is 15.8 Å². The lowest BCUT2D eigenvalue weighted by atomic mass is 10.1. The van der Waals surface area contributed by atoms with Crippen LogP contribution < -0.4 is 11.2 Å². The van der Waals surface area contributed by atoms with Gasteiger partial charge in [0, 0.05) is 10.6 Å². The molecule has 0 amide bonds. The van der Waals surface area contributed by atoms with Crippen molar-refractivity contribution < 1.29 is 24.4 Å². The first-order valence-corrected chi connectivity index (χ1v) is 7.61. The molecule has 1 aliphatic rings. The molecular formula is C11H14FIN2O6. The molecule has 8 nitrogen and oxygen atoms in total. The lowest BCUT2D eigenvalue weighted by Crippen LogP contribution is -2.38. The van der Waals surface area contributed by atoms with E-state index in [-0.39, 0.29) is 9.99 Å². The van der Waals surface area contributed by atoms with Crippen molar-refractivity contribution in [2.45, 2.75) is 30.7 Å². The van der Waals surface area contributed by atoms with E-state index >= 15 is 0 Å². The van der Waals surface area contributed by atoms with Gasteiger partial charge in [-0.05, 0) is 0 Å². The highest BCUT2D eigenvalue weighted by Gasteiger charge is 2.45. The molecule has 0 spiro atoms. The maximum Gasteiger partial charge on any atom is 0.330 e. The topological polar surface area (TPSA) is 125 Å². The minimum atomic E-state index is -1.95. The molecule has 0 aromatic carbocycles. The first kappa shape index (κ1) is 16.5. The van der Waals surface area contributed by atoms with E-state index < -0.39 is 48.6 Å². The van der Waals surface area contributed by atoms with Crippen molar-refractivity contribution in [2.75, 3.05) is 11.0 Å². The second-order valence-corrected chi connectivity index (χ2v) is 5.48. The van der Waals surface area contributed by atoms with Gasteiger partial charge in [0.05, 0.1) is 18.3 Å². The van der Waals surface area contributed by atoms with Crippen molar-refractivity contribution in [3.8, 4) is 0 Å². The molecule has 1 aliphatic heterocycles. The standard InChI is InChI=1S/C11H14FIN2O6/c12-7-8(18)6(3-16)21-10(7)15-2-4(5(17)1-13)9(19)14-11(15)20/h2,5-8,10,16-18H,1,3H2,(H,14,19,20). The summed E-state index contributed by atoms with van der Waals surface area (Å²) in [5, 5.41) is 28.3. The van der Waals surface area contributed by atoms with Crippen LogP contribution in [0.4, 0.5) is 4.39 Å². The molecular weight excluding hydrogens is 402 g/mol. The first-order chi connectivity index (χ1) is 9.90. The van der Waals surface area contributed by atoms with Gasteiger partial charge in [0.25, 0.3) is 5.56 Å². The molecule has 0 aliphatic carbocycles. The molecule has 1 aromatic rings. The van der Waals surface area contributed by atoms with Crippen LogP contribution in [-0.4, -0.2) is 54.3 Å². The molecule has 2 heterocycles. The summed E-state index contributed by atoms with van der Waals surface area (Å²) < 4.78 is 20.1. The average molecular weight is 416 g/mol. The molecule has 2 rings (SSSR count). The molecule has 0 bridgehead atoms. The number of rotatable bonds is 4. The third-order valence-electron chi connectivity index (χ3n) is 3.25. The Morgan fingerprint density at radius 3 is 2.71 bits per heavy atom. The number of aromatic nitrogens is 2. The minimum Gasteiger partial charge on any atom is -0.394 e. The van der Waals surface area contributed by atoms with E-state index in [0.717, 1.165) is 10.8 Å². The van der Waals surface area contributed by atoms with Gasteiger partial charge in [-0.15, -0.1) is 0 Å². The second-order valence-electron chi connectivity index (χ2n) is 4.60. The monoisotopic (exact) mass is 416 g/mol. The van der Waals surface area contributed by atoms with Crippen molar-refractivity contribution in [3.63, 3.8) is 0 Å². The van der Waals surface area contributed by atoms with Crippen LogP contribution in [0.25, 0.3) is 0 Å². The number of H-pyrrole nitrogens is 1. The number of halogens is 2. The zero-order valence-electron chi connectivity index (χ0n) is 10.6. The molecule has 5 unspecified atom stereocenters. The predicted octanol–water partition coefficient (Wildman–Crippen LogP) is -1.41. The highest BCUT2D eigenvalue weighted by atomic mass is 127. The molecule has 0 radical (unpaired) electrons. The number of aromatic amines is 1. The minimum absolute atomic E-state index is 0.110. The highest BCUT2D eigenvalue weighted by Crippen LogP contribution is 2.30. The van der Waals surface area contributed by atoms with Crippen LogP contribution in [0, 0.1) is 0 Å². The van der Waals surface area contributed by atoms with E-state index in [1.807, 2.05) is 27.6 Å². The fourth-order valence-electron chi connectivity index (χ4n) is 2.09. The lowest BCUT2D eigenvalue weighted by Gasteiger charge is -2.17. The largest absolute Gasteiger partial charge is 0.394 e. The Morgan fingerprint density at radius 1 is 1.52 bits per heavy atom. The molecule has 118 valence electrons. The van der Waals surface area contributed by atoms with Gasteiger partial charge in [0.1, 0.15) is 12.2 Å². The van der Waals surface area contributed by atoms with Gasteiger partial charge in [-0.25, -0.2) is 9.18 Å². The fourth-order valence-corrected chi connectivity index (χ4v) is 2.56. The van der Waals surface area contributed by atoms with Crippen molar-refractivity contribution in [2.24, 2.45) is 0 Å². The molecule has 1 aromatic heterocycles. The molecule has 5 atom stereocenters. The van der Waals surface area contributed by atoms with E-state index in [2.05, 4.69) is 0 Å².